The van der Waals surface area contributed by atoms with E-state index in [4.69, 9.17) is 14.2 Å². The van der Waals surface area contributed by atoms with E-state index in [1.807, 2.05) is 74.5 Å². The number of alkyl carbamates (subject to hydrolysis) is 1. The molecular weight excluding hydrogens is 628 g/mol. The van der Waals surface area contributed by atoms with Gasteiger partial charge in [0, 0.05) is 31.0 Å². The molecule has 0 spiro atoms. The minimum absolute atomic E-state index is 0.00583. The largest absolute Gasteiger partial charge is 0.463 e. The molecule has 1 fully saturated rings. The van der Waals surface area contributed by atoms with Gasteiger partial charge in [-0.25, -0.2) is 9.59 Å². The third-order valence-electron chi connectivity index (χ3n) is 7.97. The number of carbonyl (C=O) groups is 5. The summed E-state index contributed by atoms with van der Waals surface area (Å²) < 4.78 is 16.4. The number of hydrogen-bond donors (Lipinski definition) is 4. The molecule has 3 rings (SSSR count). The second-order valence-electron chi connectivity index (χ2n) is 12.4. The van der Waals surface area contributed by atoms with Crippen LogP contribution in [0.1, 0.15) is 58.1 Å². The zero-order valence-electron chi connectivity index (χ0n) is 28.8. The Bertz CT molecular complexity index is 1390. The molecule has 12 nitrogen and oxygen atoms in total. The first-order chi connectivity index (χ1) is 23.5. The normalized spacial score (nSPS) is 16.7. The molecule has 0 bridgehead atoms. The molecule has 0 saturated carbocycles. The molecular formula is C37H50N4O8. The van der Waals surface area contributed by atoms with Crippen LogP contribution >= 0.6 is 0 Å². The minimum atomic E-state index is -1.20. The van der Waals surface area contributed by atoms with Crippen LogP contribution in [0.2, 0.25) is 0 Å². The summed E-state index contributed by atoms with van der Waals surface area (Å²) in [5.74, 6) is -2.16. The molecule has 1 aliphatic heterocycles. The van der Waals surface area contributed by atoms with E-state index in [1.54, 1.807) is 13.8 Å². The zero-order chi connectivity index (χ0) is 35.6. The fourth-order valence-corrected chi connectivity index (χ4v) is 5.36. The van der Waals surface area contributed by atoms with Gasteiger partial charge in [-0.15, -0.1) is 0 Å². The van der Waals surface area contributed by atoms with Crippen LogP contribution in [0.4, 0.5) is 4.79 Å². The Morgan fingerprint density at radius 2 is 1.57 bits per heavy atom. The smallest absolute Gasteiger partial charge is 0.407 e. The molecule has 1 aliphatic rings. The average Bonchev–Trinajstić information content (AvgIpc) is 3.49. The first-order valence-electron chi connectivity index (χ1n) is 16.9. The van der Waals surface area contributed by atoms with Crippen LogP contribution in [0.5, 0.6) is 0 Å². The molecule has 4 amide bonds. The van der Waals surface area contributed by atoms with Crippen LogP contribution in [-0.2, 0) is 46.4 Å². The number of amides is 4. The molecule has 4 N–H and O–H groups in total. The van der Waals surface area contributed by atoms with E-state index in [1.165, 1.54) is 12.2 Å². The summed E-state index contributed by atoms with van der Waals surface area (Å²) in [5.41, 5.74) is 1.88. The highest BCUT2D eigenvalue weighted by Gasteiger charge is 2.33. The molecule has 2 aromatic rings. The van der Waals surface area contributed by atoms with Gasteiger partial charge in [0.25, 0.3) is 0 Å². The number of hydrogen-bond acceptors (Lipinski definition) is 8. The highest BCUT2D eigenvalue weighted by atomic mass is 16.5. The van der Waals surface area contributed by atoms with Crippen LogP contribution in [0.15, 0.2) is 72.8 Å². The molecule has 2 aromatic carbocycles. The Hall–Kier alpha value is -4.71. The van der Waals surface area contributed by atoms with E-state index < -0.39 is 48.1 Å². The quantitative estimate of drug-likeness (QED) is 0.130. The molecule has 12 heteroatoms. The summed E-state index contributed by atoms with van der Waals surface area (Å²) >= 11 is 0. The molecule has 1 unspecified atom stereocenters. The molecule has 266 valence electrons. The Kier molecular flexibility index (Phi) is 16.3. The second-order valence-corrected chi connectivity index (χ2v) is 12.4. The predicted octanol–water partition coefficient (Wildman–Crippen LogP) is 3.59. The summed E-state index contributed by atoms with van der Waals surface area (Å²) in [7, 11) is 0. The van der Waals surface area contributed by atoms with Crippen LogP contribution in [0.3, 0.4) is 0 Å². The van der Waals surface area contributed by atoms with Crippen molar-refractivity contribution in [1.29, 1.82) is 0 Å². The molecule has 0 radical (unpaired) electrons. The van der Waals surface area contributed by atoms with Crippen molar-refractivity contribution in [3.05, 3.63) is 83.9 Å². The molecule has 0 aliphatic carbocycles. The van der Waals surface area contributed by atoms with Crippen molar-refractivity contribution >= 4 is 29.8 Å². The zero-order valence-corrected chi connectivity index (χ0v) is 28.8. The van der Waals surface area contributed by atoms with E-state index >= 15 is 0 Å². The standard InChI is InChI=1S/C37H50N4O8/c1-5-47-32(42)17-16-30(23-29-18-20-38-34(29)43)39-35(44)31(22-25(2)3)40-36(45)33(26(4)49-24-28-14-10-7-11-15-28)41-37(46)48-21-19-27-12-8-6-9-13-27/h6-17,25-26,29-31,33H,5,18-24H2,1-4H3,(H,38,43)(H,39,44)(H,40,45)(H,41,46)/b17-16+/t26?,29-,30+,31-,33-/m0/s1. The monoisotopic (exact) mass is 678 g/mol. The summed E-state index contributed by atoms with van der Waals surface area (Å²) in [6.07, 6.45) is 2.78. The van der Waals surface area contributed by atoms with Gasteiger partial charge in [-0.3, -0.25) is 14.4 Å². The van der Waals surface area contributed by atoms with E-state index in [-0.39, 0.29) is 50.4 Å². The fraction of sp³-hybridized carbons (Fsp3) is 0.486. The summed E-state index contributed by atoms with van der Waals surface area (Å²) in [4.78, 5) is 64.9. The van der Waals surface area contributed by atoms with E-state index in [2.05, 4.69) is 21.3 Å². The van der Waals surface area contributed by atoms with Crippen LogP contribution in [0, 0.1) is 11.8 Å². The lowest BCUT2D eigenvalue weighted by Gasteiger charge is -2.28. The number of carbonyl (C=O) groups excluding carboxylic acids is 5. The lowest BCUT2D eigenvalue weighted by molar-refractivity contribution is -0.137. The van der Waals surface area contributed by atoms with Crippen molar-refractivity contribution in [3.63, 3.8) is 0 Å². The van der Waals surface area contributed by atoms with Gasteiger partial charge in [-0.2, -0.15) is 0 Å². The van der Waals surface area contributed by atoms with Crippen LogP contribution < -0.4 is 21.3 Å². The Labute approximate surface area is 288 Å². The highest BCUT2D eigenvalue weighted by molar-refractivity contribution is 5.92. The van der Waals surface area contributed by atoms with Crippen LogP contribution in [-0.4, -0.2) is 73.8 Å². The van der Waals surface area contributed by atoms with Crippen molar-refractivity contribution in [2.45, 2.75) is 84.2 Å². The van der Waals surface area contributed by atoms with Crippen molar-refractivity contribution < 1.29 is 38.2 Å². The summed E-state index contributed by atoms with van der Waals surface area (Å²) in [5, 5.41) is 11.1. The van der Waals surface area contributed by atoms with Gasteiger partial charge in [0.2, 0.25) is 17.7 Å². The molecule has 0 aromatic heterocycles. The SMILES string of the molecule is CCOC(=O)/C=C/[C@H](C[C@@H]1CCNC1=O)NC(=O)[C@H](CC(C)C)NC(=O)[C@@H](NC(=O)OCCc1ccccc1)C(C)OCc1ccccc1. The number of esters is 1. The van der Waals surface area contributed by atoms with Crippen molar-refractivity contribution in [3.8, 4) is 0 Å². The maximum Gasteiger partial charge on any atom is 0.407 e. The number of ether oxygens (including phenoxy) is 3. The van der Waals surface area contributed by atoms with Gasteiger partial charge in [0.05, 0.1) is 25.9 Å². The van der Waals surface area contributed by atoms with Gasteiger partial charge in [-0.1, -0.05) is 80.6 Å². The fourth-order valence-electron chi connectivity index (χ4n) is 5.36. The maximum absolute atomic E-state index is 13.8. The van der Waals surface area contributed by atoms with Crippen molar-refractivity contribution in [1.82, 2.24) is 21.3 Å². The molecule has 1 saturated heterocycles. The van der Waals surface area contributed by atoms with Crippen molar-refractivity contribution in [2.75, 3.05) is 19.8 Å². The second kappa shape index (κ2) is 20.6. The van der Waals surface area contributed by atoms with Crippen molar-refractivity contribution in [2.24, 2.45) is 11.8 Å². The predicted molar refractivity (Wildman–Crippen MR) is 184 cm³/mol. The molecule has 49 heavy (non-hydrogen) atoms. The Morgan fingerprint density at radius 3 is 2.18 bits per heavy atom. The maximum atomic E-state index is 13.8. The van der Waals surface area contributed by atoms with E-state index in [0.29, 0.717) is 19.4 Å². The van der Waals surface area contributed by atoms with Gasteiger partial charge in [0.1, 0.15) is 12.1 Å². The van der Waals surface area contributed by atoms with E-state index in [9.17, 15) is 24.0 Å². The highest BCUT2D eigenvalue weighted by Crippen LogP contribution is 2.18. The summed E-state index contributed by atoms with van der Waals surface area (Å²) in [6, 6.07) is 16.1. The first-order valence-corrected chi connectivity index (χ1v) is 16.9. The topological polar surface area (TPSA) is 161 Å². The molecule has 5 atom stereocenters. The summed E-state index contributed by atoms with van der Waals surface area (Å²) in [6.45, 7) is 8.20. The van der Waals surface area contributed by atoms with Crippen LogP contribution in [0.25, 0.3) is 0 Å². The van der Waals surface area contributed by atoms with Gasteiger partial charge >= 0.3 is 12.1 Å². The molecule has 1 heterocycles. The van der Waals surface area contributed by atoms with Gasteiger partial charge in [-0.05, 0) is 50.2 Å². The average molecular weight is 679 g/mol. The Morgan fingerprint density at radius 1 is 0.898 bits per heavy atom. The number of rotatable bonds is 19. The number of benzene rings is 2. The van der Waals surface area contributed by atoms with E-state index in [0.717, 1.165) is 11.1 Å². The van der Waals surface area contributed by atoms with Gasteiger partial charge in [0.15, 0.2) is 0 Å². The lowest BCUT2D eigenvalue weighted by Crippen LogP contribution is -2.58. The first kappa shape index (κ1) is 38.7. The van der Waals surface area contributed by atoms with Gasteiger partial charge < -0.3 is 35.5 Å². The Balaban J connectivity index is 1.74. The minimum Gasteiger partial charge on any atom is -0.463 e. The third-order valence-corrected chi connectivity index (χ3v) is 7.97. The third kappa shape index (κ3) is 14.1. The number of nitrogens with one attached hydrogen (secondary N) is 4. The lowest BCUT2D eigenvalue weighted by atomic mass is 9.96.